The van der Waals surface area contributed by atoms with Crippen LogP contribution in [0.2, 0.25) is 0 Å². The molecule has 2 saturated heterocycles. The fourth-order valence-electron chi connectivity index (χ4n) is 10.1. The Kier molecular flexibility index (Phi) is 12.0. The molecule has 0 bridgehead atoms. The maximum atomic E-state index is 16.9. The number of alkyl carbamates (subject to hydrolysis) is 2. The summed E-state index contributed by atoms with van der Waals surface area (Å²) in [6.45, 7) is 8.59. The predicted octanol–water partition coefficient (Wildman–Crippen LogP) is 9.19. The third-order valence-corrected chi connectivity index (χ3v) is 15.1. The van der Waals surface area contributed by atoms with Crippen molar-refractivity contribution in [1.82, 2.24) is 44.9 Å². The van der Waals surface area contributed by atoms with Crippen molar-refractivity contribution in [3.05, 3.63) is 88.1 Å². The molecule has 1 unspecified atom stereocenters. The van der Waals surface area contributed by atoms with Crippen LogP contribution in [0.5, 0.6) is 5.75 Å². The standard InChI is InChI=1S/C50H56FN9O7S/c1-25(2)42(56-49(63)65-5)46(61)58-17-7-9-35(58)44-52-23-32(54-44)28-13-14-34-30(19-28)21-37-41-31(51)20-29(22-38(41)67-48(60(34)37)40-16-15-39(68-40)27-11-12-27)33-24-53-45(55-33)36-10-8-18-59(36)47(62)43(26(3)4)57-50(64)66-6/h13-16,19-27,35-36,42-43,48H,7-12,17-18H2,1-6H3,(H,52,54)(H,53,55)(H,56,63)(H,57,64)/t35-,36+,42+,43-,48?/m0/s1. The van der Waals surface area contributed by atoms with Crippen molar-refractivity contribution in [3.63, 3.8) is 0 Å². The van der Waals surface area contributed by atoms with Gasteiger partial charge in [0.1, 0.15) is 35.3 Å². The van der Waals surface area contributed by atoms with E-state index < -0.39 is 36.3 Å². The van der Waals surface area contributed by atoms with E-state index in [1.807, 2.05) is 52.0 Å². The maximum Gasteiger partial charge on any atom is 0.407 e. The van der Waals surface area contributed by atoms with Crippen molar-refractivity contribution in [1.29, 1.82) is 0 Å². The minimum Gasteiger partial charge on any atom is -0.464 e. The molecule has 6 aromatic rings. The normalized spacial score (nSPS) is 19.8. The monoisotopic (exact) mass is 945 g/mol. The topological polar surface area (TPSA) is 189 Å². The van der Waals surface area contributed by atoms with Crippen LogP contribution in [0.4, 0.5) is 14.0 Å². The first-order valence-electron chi connectivity index (χ1n) is 23.5. The number of fused-ring (bicyclic) bond motifs is 5. The van der Waals surface area contributed by atoms with Gasteiger partial charge in [0.2, 0.25) is 18.0 Å². The molecule has 18 heteroatoms. The first kappa shape index (κ1) is 45.1. The number of hydrogen-bond donors (Lipinski definition) is 4. The molecule has 68 heavy (non-hydrogen) atoms. The number of thiophene rings is 1. The van der Waals surface area contributed by atoms with Crippen LogP contribution < -0.4 is 15.4 Å². The number of benzene rings is 2. The Morgan fingerprint density at radius 2 is 1.32 bits per heavy atom. The van der Waals surface area contributed by atoms with E-state index in [0.717, 1.165) is 46.3 Å². The molecule has 3 fully saturated rings. The molecule has 356 valence electrons. The average molecular weight is 946 g/mol. The van der Waals surface area contributed by atoms with E-state index in [1.54, 1.807) is 33.5 Å². The van der Waals surface area contributed by atoms with Crippen LogP contribution >= 0.6 is 11.3 Å². The van der Waals surface area contributed by atoms with Gasteiger partial charge >= 0.3 is 12.2 Å². The Morgan fingerprint density at radius 1 is 0.750 bits per heavy atom. The summed E-state index contributed by atoms with van der Waals surface area (Å²) in [6.07, 6.45) is 6.87. The molecule has 2 aromatic carbocycles. The highest BCUT2D eigenvalue weighted by atomic mass is 32.1. The number of carbonyl (C=O) groups is 4. The van der Waals surface area contributed by atoms with Crippen LogP contribution in [-0.4, -0.2) is 97.7 Å². The molecule has 4 aliphatic rings. The molecule has 4 N–H and O–H groups in total. The lowest BCUT2D eigenvalue weighted by molar-refractivity contribution is -0.136. The second-order valence-electron chi connectivity index (χ2n) is 18.9. The highest BCUT2D eigenvalue weighted by Gasteiger charge is 2.40. The smallest absolute Gasteiger partial charge is 0.407 e. The quantitative estimate of drug-likeness (QED) is 0.0927. The number of ether oxygens (including phenoxy) is 3. The molecule has 1 saturated carbocycles. The second-order valence-corrected chi connectivity index (χ2v) is 20.1. The average Bonchev–Trinajstić information content (AvgIpc) is 4.05. The van der Waals surface area contributed by atoms with Gasteiger partial charge in [0.25, 0.3) is 0 Å². The van der Waals surface area contributed by atoms with Crippen LogP contribution in [0.15, 0.2) is 60.9 Å². The SMILES string of the molecule is COC(=O)N[C@H](C(=O)N1CCC[C@@H]1c1ncc(-c2cc(F)c3c(c2)OC(c2ccc(C4CC4)s2)n2c-3cc3cc(-c4cnc([C@@H]5CCCN5C(=O)[C@H](NC(=O)OC)C(C)C)[nH]4)ccc32)[nH]1)C(C)C. The number of nitrogens with zero attached hydrogens (tertiary/aromatic N) is 5. The Balaban J connectivity index is 0.963. The van der Waals surface area contributed by atoms with E-state index in [9.17, 15) is 19.2 Å². The summed E-state index contributed by atoms with van der Waals surface area (Å²) in [4.78, 5) is 74.1. The van der Waals surface area contributed by atoms with Crippen molar-refractivity contribution >= 4 is 46.2 Å². The van der Waals surface area contributed by atoms with Crippen molar-refractivity contribution in [2.45, 2.75) is 103 Å². The number of aromatic amines is 2. The fraction of sp³-hybridized carbons (Fsp3) is 0.440. The molecule has 7 heterocycles. The number of likely N-dealkylation sites (tertiary alicyclic amines) is 2. The molecule has 4 amide bonds. The van der Waals surface area contributed by atoms with Crippen LogP contribution in [0.3, 0.4) is 0 Å². The highest BCUT2D eigenvalue weighted by Crippen LogP contribution is 2.50. The van der Waals surface area contributed by atoms with E-state index >= 15 is 4.39 Å². The van der Waals surface area contributed by atoms with Crippen LogP contribution in [0.25, 0.3) is 44.7 Å². The van der Waals surface area contributed by atoms with E-state index in [1.165, 1.54) is 38.0 Å². The number of H-pyrrole nitrogens is 2. The lowest BCUT2D eigenvalue weighted by Gasteiger charge is -2.30. The lowest BCUT2D eigenvalue weighted by Crippen LogP contribution is -2.51. The van der Waals surface area contributed by atoms with E-state index in [4.69, 9.17) is 24.2 Å². The van der Waals surface area contributed by atoms with Gasteiger partial charge in [-0.3, -0.25) is 14.2 Å². The number of amides is 4. The van der Waals surface area contributed by atoms with Crippen LogP contribution in [0, 0.1) is 17.7 Å². The van der Waals surface area contributed by atoms with Crippen molar-refractivity contribution in [3.8, 4) is 39.5 Å². The second kappa shape index (κ2) is 18.1. The first-order valence-corrected chi connectivity index (χ1v) is 24.3. The number of imidazole rings is 2. The Labute approximate surface area is 396 Å². The summed E-state index contributed by atoms with van der Waals surface area (Å²) >= 11 is 1.73. The van der Waals surface area contributed by atoms with Crippen LogP contribution in [0.1, 0.15) is 112 Å². The summed E-state index contributed by atoms with van der Waals surface area (Å²) in [7, 11) is 2.55. The number of aromatic nitrogens is 5. The van der Waals surface area contributed by atoms with Gasteiger partial charge in [-0.25, -0.2) is 23.9 Å². The van der Waals surface area contributed by atoms with Gasteiger partial charge in [0.05, 0.1) is 71.7 Å². The van der Waals surface area contributed by atoms with Gasteiger partial charge < -0.3 is 44.6 Å². The minimum absolute atomic E-state index is 0.149. The zero-order valence-electron chi connectivity index (χ0n) is 38.9. The summed E-state index contributed by atoms with van der Waals surface area (Å²) < 4.78 is 35.5. The Bertz CT molecular complexity index is 2910. The van der Waals surface area contributed by atoms with E-state index in [0.29, 0.717) is 65.3 Å². The number of nitrogens with one attached hydrogen (secondary N) is 4. The molecule has 3 aliphatic heterocycles. The largest absolute Gasteiger partial charge is 0.464 e. The number of rotatable bonds is 12. The molecule has 4 aromatic heterocycles. The first-order chi connectivity index (χ1) is 32.8. The van der Waals surface area contributed by atoms with Crippen molar-refractivity contribution in [2.24, 2.45) is 11.8 Å². The van der Waals surface area contributed by atoms with Gasteiger partial charge in [-0.15, -0.1) is 11.3 Å². The number of carbonyl (C=O) groups excluding carboxylic acids is 4. The van der Waals surface area contributed by atoms with Crippen molar-refractivity contribution in [2.75, 3.05) is 27.3 Å². The van der Waals surface area contributed by atoms with Gasteiger partial charge in [0, 0.05) is 34.5 Å². The Hall–Kier alpha value is -6.69. The minimum atomic E-state index is -0.768. The molecule has 5 atom stereocenters. The zero-order chi connectivity index (χ0) is 47.5. The fourth-order valence-corrected chi connectivity index (χ4v) is 11.3. The number of methoxy groups -OCH3 is 2. The third kappa shape index (κ3) is 8.25. The molecule has 0 spiro atoms. The molecule has 10 rings (SSSR count). The highest BCUT2D eigenvalue weighted by molar-refractivity contribution is 7.12. The van der Waals surface area contributed by atoms with E-state index in [-0.39, 0.29) is 35.7 Å². The van der Waals surface area contributed by atoms with Crippen molar-refractivity contribution < 1.29 is 37.8 Å². The lowest BCUT2D eigenvalue weighted by atomic mass is 10.0. The number of halogens is 1. The summed E-state index contributed by atoms with van der Waals surface area (Å²) in [5.41, 5.74) is 4.70. The maximum absolute atomic E-state index is 16.9. The Morgan fingerprint density at radius 3 is 1.88 bits per heavy atom. The van der Waals surface area contributed by atoms with Gasteiger partial charge in [-0.05, 0) is 98.7 Å². The number of hydrogen-bond acceptors (Lipinski definition) is 10. The van der Waals surface area contributed by atoms with Gasteiger partial charge in [-0.2, -0.15) is 0 Å². The van der Waals surface area contributed by atoms with Crippen LogP contribution in [-0.2, 0) is 19.1 Å². The third-order valence-electron chi connectivity index (χ3n) is 13.8. The zero-order valence-corrected chi connectivity index (χ0v) is 39.7. The molecule has 16 nitrogen and oxygen atoms in total. The van der Waals surface area contributed by atoms with Gasteiger partial charge in [0.15, 0.2) is 0 Å². The molecular weight excluding hydrogens is 890 g/mol. The van der Waals surface area contributed by atoms with Gasteiger partial charge in [-0.1, -0.05) is 33.8 Å². The molecule has 0 radical (unpaired) electrons. The molecular formula is C50H56FN9O7S. The summed E-state index contributed by atoms with van der Waals surface area (Å²) in [6, 6.07) is 13.6. The summed E-state index contributed by atoms with van der Waals surface area (Å²) in [5, 5.41) is 6.29. The molecule has 1 aliphatic carbocycles. The van der Waals surface area contributed by atoms with E-state index in [2.05, 4.69) is 43.4 Å². The summed E-state index contributed by atoms with van der Waals surface area (Å²) in [5.74, 6) is 1.04. The predicted molar refractivity (Wildman–Crippen MR) is 253 cm³/mol.